The van der Waals surface area contributed by atoms with E-state index in [1.54, 1.807) is 36.3 Å². The van der Waals surface area contributed by atoms with Crippen molar-refractivity contribution in [1.29, 1.82) is 0 Å². The fraction of sp³-hybridized carbons (Fsp3) is 0.385. The van der Waals surface area contributed by atoms with Gasteiger partial charge in [-0.15, -0.1) is 0 Å². The smallest absolute Gasteiger partial charge is 0.295 e. The van der Waals surface area contributed by atoms with Gasteiger partial charge in [-0.1, -0.05) is 38.1 Å². The first-order valence-corrected chi connectivity index (χ1v) is 11.0. The Morgan fingerprint density at radius 2 is 1.81 bits per heavy atom. The minimum atomic E-state index is -0.672. The van der Waals surface area contributed by atoms with Gasteiger partial charge >= 0.3 is 0 Å². The molecule has 2 aliphatic rings. The molecule has 2 atom stereocenters. The zero-order valence-electron chi connectivity index (χ0n) is 18.7. The summed E-state index contributed by atoms with van der Waals surface area (Å²) in [6.45, 7) is 5.21. The highest BCUT2D eigenvalue weighted by Gasteiger charge is 2.47. The van der Waals surface area contributed by atoms with Crippen LogP contribution in [-0.4, -0.2) is 48.1 Å². The minimum Gasteiger partial charge on any atom is -0.507 e. The van der Waals surface area contributed by atoms with E-state index in [9.17, 15) is 14.7 Å². The second-order valence-electron chi connectivity index (χ2n) is 8.64. The summed E-state index contributed by atoms with van der Waals surface area (Å²) in [6.07, 6.45) is 1.68. The number of methoxy groups -OCH3 is 1. The van der Waals surface area contributed by atoms with E-state index in [4.69, 9.17) is 9.47 Å². The lowest BCUT2D eigenvalue weighted by Gasteiger charge is -2.27. The Kier molecular flexibility index (Phi) is 6.33. The van der Waals surface area contributed by atoms with Gasteiger partial charge < -0.3 is 19.5 Å². The molecule has 2 saturated heterocycles. The number of amides is 1. The Morgan fingerprint density at radius 1 is 1.12 bits per heavy atom. The van der Waals surface area contributed by atoms with Crippen molar-refractivity contribution in [3.63, 3.8) is 0 Å². The highest BCUT2D eigenvalue weighted by molar-refractivity contribution is 6.46. The van der Waals surface area contributed by atoms with E-state index in [2.05, 4.69) is 13.8 Å². The van der Waals surface area contributed by atoms with Gasteiger partial charge in [0.1, 0.15) is 11.5 Å². The summed E-state index contributed by atoms with van der Waals surface area (Å²) < 4.78 is 10.9. The normalized spacial score (nSPS) is 22.7. The first kappa shape index (κ1) is 22.1. The van der Waals surface area contributed by atoms with E-state index in [0.717, 1.165) is 18.4 Å². The number of hydrogen-bond donors (Lipinski definition) is 1. The number of nitrogens with zero attached hydrogens (tertiary/aromatic N) is 1. The predicted molar refractivity (Wildman–Crippen MR) is 122 cm³/mol. The van der Waals surface area contributed by atoms with Crippen LogP contribution < -0.4 is 4.74 Å². The predicted octanol–water partition coefficient (Wildman–Crippen LogP) is 4.42. The van der Waals surface area contributed by atoms with Crippen molar-refractivity contribution in [1.82, 2.24) is 4.90 Å². The SMILES string of the molecule is COc1ccc(/C(O)=C2/C(=O)C(=O)N(CC3CCCO3)C2c2ccc(C(C)C)cc2)cc1. The molecule has 6 heteroatoms. The highest BCUT2D eigenvalue weighted by atomic mass is 16.5. The molecule has 2 aromatic carbocycles. The number of carbonyl (C=O) groups excluding carboxylic acids is 2. The van der Waals surface area contributed by atoms with Crippen LogP contribution in [0.4, 0.5) is 0 Å². The monoisotopic (exact) mass is 435 g/mol. The first-order valence-electron chi connectivity index (χ1n) is 11.0. The van der Waals surface area contributed by atoms with Crippen LogP contribution in [0, 0.1) is 0 Å². The third kappa shape index (κ3) is 4.15. The van der Waals surface area contributed by atoms with Gasteiger partial charge in [-0.2, -0.15) is 0 Å². The number of rotatable bonds is 6. The Labute approximate surface area is 188 Å². The van der Waals surface area contributed by atoms with Gasteiger partial charge in [0.25, 0.3) is 11.7 Å². The molecule has 6 nitrogen and oxygen atoms in total. The minimum absolute atomic E-state index is 0.105. The van der Waals surface area contributed by atoms with Crippen LogP contribution in [0.2, 0.25) is 0 Å². The molecule has 168 valence electrons. The molecule has 0 radical (unpaired) electrons. The lowest BCUT2D eigenvalue weighted by atomic mass is 9.93. The summed E-state index contributed by atoms with van der Waals surface area (Å²) in [5.74, 6) is -0.454. The molecule has 2 heterocycles. The summed E-state index contributed by atoms with van der Waals surface area (Å²) in [5, 5.41) is 11.1. The third-order valence-electron chi connectivity index (χ3n) is 6.25. The van der Waals surface area contributed by atoms with Crippen molar-refractivity contribution < 1.29 is 24.2 Å². The van der Waals surface area contributed by atoms with E-state index in [0.29, 0.717) is 30.4 Å². The number of likely N-dealkylation sites (tertiary alicyclic amines) is 1. The molecular formula is C26H29NO5. The molecule has 1 N–H and O–H groups in total. The van der Waals surface area contributed by atoms with Gasteiger partial charge in [-0.05, 0) is 54.2 Å². The summed E-state index contributed by atoms with van der Waals surface area (Å²) in [6, 6.07) is 14.0. The van der Waals surface area contributed by atoms with Gasteiger partial charge in [0, 0.05) is 18.7 Å². The fourth-order valence-corrected chi connectivity index (χ4v) is 4.39. The zero-order chi connectivity index (χ0) is 22.8. The maximum Gasteiger partial charge on any atom is 0.295 e. The van der Waals surface area contributed by atoms with Crippen LogP contribution >= 0.6 is 0 Å². The average molecular weight is 436 g/mol. The quantitative estimate of drug-likeness (QED) is 0.413. The molecule has 1 amide bonds. The van der Waals surface area contributed by atoms with Crippen LogP contribution in [0.3, 0.4) is 0 Å². The Morgan fingerprint density at radius 3 is 2.38 bits per heavy atom. The van der Waals surface area contributed by atoms with E-state index in [1.165, 1.54) is 5.56 Å². The summed E-state index contributed by atoms with van der Waals surface area (Å²) in [5.41, 5.74) is 2.53. The van der Waals surface area contributed by atoms with Crippen LogP contribution in [0.1, 0.15) is 55.3 Å². The van der Waals surface area contributed by atoms with Gasteiger partial charge in [0.2, 0.25) is 0 Å². The van der Waals surface area contributed by atoms with E-state index >= 15 is 0 Å². The molecule has 4 rings (SSSR count). The average Bonchev–Trinajstić information content (AvgIpc) is 3.41. The molecule has 2 fully saturated rings. The molecule has 0 bridgehead atoms. The van der Waals surface area contributed by atoms with E-state index in [1.807, 2.05) is 24.3 Å². The maximum atomic E-state index is 13.1. The number of aliphatic hydroxyl groups is 1. The number of hydrogen-bond acceptors (Lipinski definition) is 5. The van der Waals surface area contributed by atoms with Crippen LogP contribution in [0.15, 0.2) is 54.1 Å². The number of benzene rings is 2. The second-order valence-corrected chi connectivity index (χ2v) is 8.64. The topological polar surface area (TPSA) is 76.1 Å². The molecule has 0 aromatic heterocycles. The molecule has 2 unspecified atom stereocenters. The largest absolute Gasteiger partial charge is 0.507 e. The van der Waals surface area contributed by atoms with Crippen molar-refractivity contribution in [3.8, 4) is 5.75 Å². The first-order chi connectivity index (χ1) is 15.4. The zero-order valence-corrected chi connectivity index (χ0v) is 18.7. The Hall–Kier alpha value is -3.12. The number of Topliss-reactive ketones (excluding diaryl/α,β-unsaturated/α-hetero) is 1. The van der Waals surface area contributed by atoms with Crippen LogP contribution in [0.25, 0.3) is 5.76 Å². The maximum absolute atomic E-state index is 13.1. The number of aliphatic hydroxyl groups excluding tert-OH is 1. The lowest BCUT2D eigenvalue weighted by Crippen LogP contribution is -2.36. The third-order valence-corrected chi connectivity index (χ3v) is 6.25. The molecule has 0 saturated carbocycles. The van der Waals surface area contributed by atoms with Crippen molar-refractivity contribution in [2.24, 2.45) is 0 Å². The van der Waals surface area contributed by atoms with Gasteiger partial charge in [0.05, 0.1) is 24.8 Å². The molecular weight excluding hydrogens is 406 g/mol. The summed E-state index contributed by atoms with van der Waals surface area (Å²) in [7, 11) is 1.56. The fourth-order valence-electron chi connectivity index (χ4n) is 4.39. The Balaban J connectivity index is 1.79. The van der Waals surface area contributed by atoms with Gasteiger partial charge in [0.15, 0.2) is 0 Å². The number of carbonyl (C=O) groups is 2. The van der Waals surface area contributed by atoms with Crippen molar-refractivity contribution in [2.75, 3.05) is 20.3 Å². The number of ketones is 1. The van der Waals surface area contributed by atoms with E-state index < -0.39 is 17.7 Å². The highest BCUT2D eigenvalue weighted by Crippen LogP contribution is 2.40. The van der Waals surface area contributed by atoms with Crippen molar-refractivity contribution in [3.05, 3.63) is 70.8 Å². The summed E-state index contributed by atoms with van der Waals surface area (Å²) in [4.78, 5) is 27.7. The lowest BCUT2D eigenvalue weighted by molar-refractivity contribution is -0.140. The number of ether oxygens (including phenoxy) is 2. The van der Waals surface area contributed by atoms with Crippen molar-refractivity contribution in [2.45, 2.75) is 44.8 Å². The van der Waals surface area contributed by atoms with Crippen LogP contribution in [-0.2, 0) is 14.3 Å². The standard InChI is InChI=1S/C26H29NO5/c1-16(2)17-6-8-18(9-7-17)23-22(24(28)19-10-12-20(31-3)13-11-19)25(29)26(30)27(23)15-21-5-4-14-32-21/h6-13,16,21,23,28H,4-5,14-15H2,1-3H3/b24-22-. The Bertz CT molecular complexity index is 1020. The summed E-state index contributed by atoms with van der Waals surface area (Å²) >= 11 is 0. The van der Waals surface area contributed by atoms with Crippen molar-refractivity contribution >= 4 is 17.4 Å². The molecule has 32 heavy (non-hydrogen) atoms. The van der Waals surface area contributed by atoms with Gasteiger partial charge in [-0.3, -0.25) is 9.59 Å². The molecule has 2 aromatic rings. The molecule has 0 aliphatic carbocycles. The van der Waals surface area contributed by atoms with Crippen LogP contribution in [0.5, 0.6) is 5.75 Å². The van der Waals surface area contributed by atoms with Gasteiger partial charge in [-0.25, -0.2) is 0 Å². The second kappa shape index (κ2) is 9.17. The molecule has 2 aliphatic heterocycles. The van der Waals surface area contributed by atoms with E-state index in [-0.39, 0.29) is 17.4 Å². The molecule has 0 spiro atoms.